The lowest BCUT2D eigenvalue weighted by molar-refractivity contribution is -0.119. The van der Waals surface area contributed by atoms with Crippen molar-refractivity contribution in [2.45, 2.75) is 25.9 Å². The van der Waals surface area contributed by atoms with Crippen molar-refractivity contribution in [1.82, 2.24) is 0 Å². The maximum absolute atomic E-state index is 13.6. The molecule has 1 aliphatic heterocycles. The summed E-state index contributed by atoms with van der Waals surface area (Å²) < 4.78 is 40.4. The summed E-state index contributed by atoms with van der Waals surface area (Å²) >= 11 is 0. The molecular formula is C17H15F3N2O. The molecule has 1 atom stereocenters. The van der Waals surface area contributed by atoms with Crippen LogP contribution in [0.2, 0.25) is 0 Å². The predicted molar refractivity (Wildman–Crippen MR) is 81.6 cm³/mol. The number of benzene rings is 2. The largest absolute Gasteiger partial charge is 0.372 e. The second kappa shape index (κ2) is 5.95. The van der Waals surface area contributed by atoms with Gasteiger partial charge < -0.3 is 10.2 Å². The quantitative estimate of drug-likeness (QED) is 0.932. The first-order valence-electron chi connectivity index (χ1n) is 7.31. The zero-order valence-electron chi connectivity index (χ0n) is 12.4. The van der Waals surface area contributed by atoms with Crippen LogP contribution < -0.4 is 10.2 Å². The summed E-state index contributed by atoms with van der Waals surface area (Å²) in [6.07, 6.45) is 0.497. The zero-order valence-corrected chi connectivity index (χ0v) is 12.4. The van der Waals surface area contributed by atoms with Crippen molar-refractivity contribution >= 4 is 17.3 Å². The Balaban J connectivity index is 2.03. The van der Waals surface area contributed by atoms with Gasteiger partial charge in [0.05, 0.1) is 17.9 Å². The topological polar surface area (TPSA) is 32.3 Å². The Morgan fingerprint density at radius 3 is 2.57 bits per heavy atom. The van der Waals surface area contributed by atoms with Crippen molar-refractivity contribution in [2.75, 3.05) is 10.2 Å². The van der Waals surface area contributed by atoms with E-state index >= 15 is 0 Å². The Bertz CT molecular complexity index is 763. The lowest BCUT2D eigenvalue weighted by atomic mass is 10.1. The van der Waals surface area contributed by atoms with Crippen LogP contribution in [0.3, 0.4) is 0 Å². The molecule has 0 saturated carbocycles. The molecule has 0 spiro atoms. The Labute approximate surface area is 131 Å². The van der Waals surface area contributed by atoms with Crippen molar-refractivity contribution in [3.63, 3.8) is 0 Å². The minimum absolute atomic E-state index is 0.0901. The smallest absolute Gasteiger partial charge is 0.249 e. The number of halogens is 3. The standard InChI is InChI=1S/C17H15F3N2O/c1-2-14-17(23)22(9-10-4-3-5-11(18)6-10)16-8-13(20)12(19)7-15(16)21-14/h3-8,14,21H,2,9H2,1H3. The van der Waals surface area contributed by atoms with Gasteiger partial charge in [-0.25, -0.2) is 13.2 Å². The maximum atomic E-state index is 13.6. The van der Waals surface area contributed by atoms with E-state index in [-0.39, 0.29) is 18.1 Å². The molecule has 1 amide bonds. The third kappa shape index (κ3) is 2.88. The van der Waals surface area contributed by atoms with E-state index in [1.165, 1.54) is 17.0 Å². The maximum Gasteiger partial charge on any atom is 0.249 e. The molecule has 3 nitrogen and oxygen atoms in total. The average molecular weight is 320 g/mol. The van der Waals surface area contributed by atoms with Crippen LogP contribution in [0, 0.1) is 17.5 Å². The van der Waals surface area contributed by atoms with Crippen LogP contribution in [-0.2, 0) is 11.3 Å². The monoisotopic (exact) mass is 320 g/mol. The molecule has 6 heteroatoms. The van der Waals surface area contributed by atoms with Crippen molar-refractivity contribution in [3.05, 3.63) is 59.4 Å². The third-order valence-electron chi connectivity index (χ3n) is 3.86. The van der Waals surface area contributed by atoms with E-state index in [2.05, 4.69) is 5.32 Å². The molecule has 3 rings (SSSR count). The van der Waals surface area contributed by atoms with Gasteiger partial charge in [0.2, 0.25) is 5.91 Å². The molecule has 2 aromatic rings. The van der Waals surface area contributed by atoms with Crippen LogP contribution >= 0.6 is 0 Å². The van der Waals surface area contributed by atoms with Gasteiger partial charge >= 0.3 is 0 Å². The van der Waals surface area contributed by atoms with E-state index in [0.717, 1.165) is 12.1 Å². The second-order valence-electron chi connectivity index (χ2n) is 5.44. The number of rotatable bonds is 3. The van der Waals surface area contributed by atoms with E-state index in [4.69, 9.17) is 0 Å². The number of hydrogen-bond donors (Lipinski definition) is 1. The fourth-order valence-corrected chi connectivity index (χ4v) is 2.69. The van der Waals surface area contributed by atoms with Crippen molar-refractivity contribution in [1.29, 1.82) is 0 Å². The van der Waals surface area contributed by atoms with E-state index in [0.29, 0.717) is 17.7 Å². The molecule has 0 aromatic heterocycles. The zero-order chi connectivity index (χ0) is 16.6. The first-order chi connectivity index (χ1) is 11.0. The number of amides is 1. The molecular weight excluding hydrogens is 305 g/mol. The Morgan fingerprint density at radius 2 is 1.87 bits per heavy atom. The van der Waals surface area contributed by atoms with Crippen molar-refractivity contribution < 1.29 is 18.0 Å². The number of anilines is 2. The molecule has 0 aliphatic carbocycles. The van der Waals surface area contributed by atoms with Crippen LogP contribution in [0.15, 0.2) is 36.4 Å². The van der Waals surface area contributed by atoms with Crippen LogP contribution in [0.4, 0.5) is 24.5 Å². The first-order valence-corrected chi connectivity index (χ1v) is 7.31. The van der Waals surface area contributed by atoms with Crippen LogP contribution in [0.1, 0.15) is 18.9 Å². The summed E-state index contributed by atoms with van der Waals surface area (Å²) in [6.45, 7) is 1.91. The summed E-state index contributed by atoms with van der Waals surface area (Å²) in [5.74, 6) is -2.68. The first kappa shape index (κ1) is 15.4. The second-order valence-corrected chi connectivity index (χ2v) is 5.44. The van der Waals surface area contributed by atoms with Crippen LogP contribution in [-0.4, -0.2) is 11.9 Å². The Kier molecular flexibility index (Phi) is 3.98. The number of nitrogens with zero attached hydrogens (tertiary/aromatic N) is 1. The van der Waals surface area contributed by atoms with Gasteiger partial charge in [-0.15, -0.1) is 0 Å². The summed E-state index contributed by atoms with van der Waals surface area (Å²) in [5, 5.41) is 2.92. The Hall–Kier alpha value is -2.50. The fraction of sp³-hybridized carbons (Fsp3) is 0.235. The van der Waals surface area contributed by atoms with Gasteiger partial charge in [-0.3, -0.25) is 4.79 Å². The number of hydrogen-bond acceptors (Lipinski definition) is 2. The minimum atomic E-state index is -1.03. The van der Waals surface area contributed by atoms with Crippen molar-refractivity contribution in [2.24, 2.45) is 0 Å². The summed E-state index contributed by atoms with van der Waals surface area (Å²) in [6, 6.07) is 7.34. The number of fused-ring (bicyclic) bond motifs is 1. The number of carbonyl (C=O) groups is 1. The highest BCUT2D eigenvalue weighted by molar-refractivity contribution is 6.04. The minimum Gasteiger partial charge on any atom is -0.372 e. The van der Waals surface area contributed by atoms with Gasteiger partial charge in [0.15, 0.2) is 11.6 Å². The van der Waals surface area contributed by atoms with Crippen LogP contribution in [0.5, 0.6) is 0 Å². The molecule has 1 heterocycles. The predicted octanol–water partition coefficient (Wildman–Crippen LogP) is 3.84. The SMILES string of the molecule is CCC1Nc2cc(F)c(F)cc2N(Cc2cccc(F)c2)C1=O. The fourth-order valence-electron chi connectivity index (χ4n) is 2.69. The molecule has 23 heavy (non-hydrogen) atoms. The van der Waals surface area contributed by atoms with Gasteiger partial charge in [-0.2, -0.15) is 0 Å². The lowest BCUT2D eigenvalue weighted by Crippen LogP contribution is -2.46. The molecule has 0 fully saturated rings. The normalized spacial score (nSPS) is 17.0. The van der Waals surface area contributed by atoms with Gasteiger partial charge in [0.1, 0.15) is 11.9 Å². The molecule has 0 radical (unpaired) electrons. The van der Waals surface area contributed by atoms with E-state index in [9.17, 15) is 18.0 Å². The summed E-state index contributed by atoms with van der Waals surface area (Å²) in [7, 11) is 0. The van der Waals surface area contributed by atoms with E-state index < -0.39 is 23.5 Å². The highest BCUT2D eigenvalue weighted by Gasteiger charge is 2.32. The van der Waals surface area contributed by atoms with E-state index in [1.807, 2.05) is 6.92 Å². The highest BCUT2D eigenvalue weighted by atomic mass is 19.2. The lowest BCUT2D eigenvalue weighted by Gasteiger charge is -2.35. The van der Waals surface area contributed by atoms with Gasteiger partial charge in [0, 0.05) is 12.1 Å². The molecule has 1 N–H and O–H groups in total. The third-order valence-corrected chi connectivity index (χ3v) is 3.86. The van der Waals surface area contributed by atoms with Gasteiger partial charge in [-0.1, -0.05) is 19.1 Å². The molecule has 120 valence electrons. The number of carbonyl (C=O) groups excluding carboxylic acids is 1. The van der Waals surface area contributed by atoms with Crippen molar-refractivity contribution in [3.8, 4) is 0 Å². The van der Waals surface area contributed by atoms with Crippen LogP contribution in [0.25, 0.3) is 0 Å². The highest BCUT2D eigenvalue weighted by Crippen LogP contribution is 2.35. The average Bonchev–Trinajstić information content (AvgIpc) is 2.52. The summed E-state index contributed by atoms with van der Waals surface area (Å²) in [5.41, 5.74) is 1.18. The van der Waals surface area contributed by atoms with Gasteiger partial charge in [0.25, 0.3) is 0 Å². The molecule has 0 saturated heterocycles. The van der Waals surface area contributed by atoms with E-state index in [1.54, 1.807) is 12.1 Å². The van der Waals surface area contributed by atoms with Gasteiger partial charge in [-0.05, 0) is 24.1 Å². The molecule has 1 unspecified atom stereocenters. The molecule has 0 bridgehead atoms. The summed E-state index contributed by atoms with van der Waals surface area (Å²) in [4.78, 5) is 13.9. The Morgan fingerprint density at radius 1 is 1.13 bits per heavy atom. The molecule has 2 aromatic carbocycles. The molecule has 1 aliphatic rings. The number of nitrogens with one attached hydrogen (secondary N) is 1.